The van der Waals surface area contributed by atoms with Crippen molar-refractivity contribution in [3.05, 3.63) is 18.2 Å². The van der Waals surface area contributed by atoms with Gasteiger partial charge in [0.25, 0.3) is 0 Å². The quantitative estimate of drug-likeness (QED) is 0.721. The number of aliphatic hydroxyl groups excluding tert-OH is 1. The molecule has 0 saturated carbocycles. The topological polar surface area (TPSA) is 92.9 Å². The number of sulfonamides is 1. The third-order valence-corrected chi connectivity index (χ3v) is 4.17. The van der Waals surface area contributed by atoms with Crippen LogP contribution in [0.1, 0.15) is 0 Å². The van der Waals surface area contributed by atoms with E-state index in [1.54, 1.807) is 6.07 Å². The first-order valence-corrected chi connectivity index (χ1v) is 6.38. The minimum absolute atomic E-state index is 0.00375. The minimum Gasteiger partial charge on any atom is -0.495 e. The Hall–Kier alpha value is -1.31. The van der Waals surface area contributed by atoms with Gasteiger partial charge in [-0.25, -0.2) is 8.42 Å². The summed E-state index contributed by atoms with van der Waals surface area (Å²) in [6.07, 6.45) is 0. The molecule has 6 nitrogen and oxygen atoms in total. The van der Waals surface area contributed by atoms with E-state index in [1.807, 2.05) is 0 Å². The smallest absolute Gasteiger partial charge is 0.246 e. The molecule has 0 aliphatic rings. The van der Waals surface area contributed by atoms with Crippen molar-refractivity contribution in [2.24, 2.45) is 0 Å². The molecule has 0 aliphatic heterocycles. The first kappa shape index (κ1) is 13.8. The van der Waals surface area contributed by atoms with Gasteiger partial charge in [-0.1, -0.05) is 0 Å². The number of rotatable bonds is 5. The van der Waals surface area contributed by atoms with Crippen molar-refractivity contribution in [1.29, 1.82) is 0 Å². The number of benzene rings is 1. The van der Waals surface area contributed by atoms with E-state index in [0.717, 1.165) is 4.31 Å². The van der Waals surface area contributed by atoms with Crippen LogP contribution in [0, 0.1) is 0 Å². The lowest BCUT2D eigenvalue weighted by atomic mass is 10.3. The summed E-state index contributed by atoms with van der Waals surface area (Å²) in [5, 5.41) is 8.77. The van der Waals surface area contributed by atoms with Gasteiger partial charge in [-0.2, -0.15) is 4.31 Å². The van der Waals surface area contributed by atoms with Crippen LogP contribution in [0.15, 0.2) is 23.1 Å². The maximum absolute atomic E-state index is 12.1. The Morgan fingerprint density at radius 3 is 2.65 bits per heavy atom. The van der Waals surface area contributed by atoms with E-state index in [0.29, 0.717) is 5.69 Å². The second kappa shape index (κ2) is 5.35. The fourth-order valence-electron chi connectivity index (χ4n) is 1.32. The predicted molar refractivity (Wildman–Crippen MR) is 64.3 cm³/mol. The van der Waals surface area contributed by atoms with Crippen LogP contribution in [0.5, 0.6) is 5.75 Å². The third-order valence-electron chi connectivity index (χ3n) is 2.29. The Kier molecular flexibility index (Phi) is 4.33. The zero-order chi connectivity index (χ0) is 13.1. The number of nitrogens with two attached hydrogens (primary N) is 1. The number of hydrogen-bond acceptors (Lipinski definition) is 5. The lowest BCUT2D eigenvalue weighted by Crippen LogP contribution is -2.30. The van der Waals surface area contributed by atoms with Crippen LogP contribution in [0.2, 0.25) is 0 Å². The summed E-state index contributed by atoms with van der Waals surface area (Å²) >= 11 is 0. The molecule has 3 N–H and O–H groups in total. The third kappa shape index (κ3) is 2.87. The molecule has 96 valence electrons. The molecule has 0 radical (unpaired) electrons. The molecule has 0 atom stereocenters. The van der Waals surface area contributed by atoms with Crippen LogP contribution in [0.3, 0.4) is 0 Å². The predicted octanol–water partition coefficient (Wildman–Crippen LogP) is -0.110. The van der Waals surface area contributed by atoms with E-state index in [-0.39, 0.29) is 23.8 Å². The van der Waals surface area contributed by atoms with Gasteiger partial charge in [0.2, 0.25) is 10.0 Å². The van der Waals surface area contributed by atoms with E-state index in [1.165, 1.54) is 26.3 Å². The average Bonchev–Trinajstić information content (AvgIpc) is 2.29. The van der Waals surface area contributed by atoms with E-state index < -0.39 is 10.0 Å². The SMILES string of the molecule is COc1ccc(N)cc1S(=O)(=O)N(C)CCO. The van der Waals surface area contributed by atoms with Gasteiger partial charge in [-0.15, -0.1) is 0 Å². The van der Waals surface area contributed by atoms with Gasteiger partial charge in [-0.05, 0) is 18.2 Å². The summed E-state index contributed by atoms with van der Waals surface area (Å²) in [6.45, 7) is -0.235. The van der Waals surface area contributed by atoms with Crippen LogP contribution in [-0.4, -0.2) is 45.1 Å². The number of ether oxygens (including phenoxy) is 1. The molecule has 0 heterocycles. The molecule has 1 rings (SSSR count). The molecule has 0 spiro atoms. The molecule has 0 saturated heterocycles. The van der Waals surface area contributed by atoms with Gasteiger partial charge < -0.3 is 15.6 Å². The van der Waals surface area contributed by atoms with Gasteiger partial charge in [0.05, 0.1) is 13.7 Å². The van der Waals surface area contributed by atoms with Crippen molar-refractivity contribution in [3.8, 4) is 5.75 Å². The lowest BCUT2D eigenvalue weighted by molar-refractivity contribution is 0.266. The van der Waals surface area contributed by atoms with Crippen LogP contribution >= 0.6 is 0 Å². The Bertz CT molecular complexity index is 487. The van der Waals surface area contributed by atoms with Gasteiger partial charge in [0.1, 0.15) is 10.6 Å². The first-order valence-electron chi connectivity index (χ1n) is 4.94. The van der Waals surface area contributed by atoms with Gasteiger partial charge in [0, 0.05) is 19.3 Å². The van der Waals surface area contributed by atoms with Crippen molar-refractivity contribution in [2.45, 2.75) is 4.90 Å². The second-order valence-corrected chi connectivity index (χ2v) is 5.47. The molecular weight excluding hydrogens is 244 g/mol. The van der Waals surface area contributed by atoms with Crippen molar-refractivity contribution in [3.63, 3.8) is 0 Å². The van der Waals surface area contributed by atoms with Crippen molar-refractivity contribution in [1.82, 2.24) is 4.31 Å². The number of aliphatic hydroxyl groups is 1. The fourth-order valence-corrected chi connectivity index (χ4v) is 2.67. The summed E-state index contributed by atoms with van der Waals surface area (Å²) in [5.74, 6) is 0.226. The molecular formula is C10H16N2O4S. The van der Waals surface area contributed by atoms with Crippen LogP contribution in [-0.2, 0) is 10.0 Å². The summed E-state index contributed by atoms with van der Waals surface area (Å²) in [5.41, 5.74) is 5.90. The number of methoxy groups -OCH3 is 1. The maximum Gasteiger partial charge on any atom is 0.246 e. The molecule has 0 aliphatic carbocycles. The van der Waals surface area contributed by atoms with Crippen molar-refractivity contribution >= 4 is 15.7 Å². The molecule has 0 bridgehead atoms. The zero-order valence-corrected chi connectivity index (χ0v) is 10.6. The highest BCUT2D eigenvalue weighted by atomic mass is 32.2. The largest absolute Gasteiger partial charge is 0.495 e. The Morgan fingerprint density at radius 1 is 1.47 bits per heavy atom. The van der Waals surface area contributed by atoms with Crippen molar-refractivity contribution in [2.75, 3.05) is 33.0 Å². The van der Waals surface area contributed by atoms with E-state index in [2.05, 4.69) is 0 Å². The number of nitrogen functional groups attached to an aromatic ring is 1. The molecule has 0 fully saturated rings. The van der Waals surface area contributed by atoms with E-state index >= 15 is 0 Å². The fraction of sp³-hybridized carbons (Fsp3) is 0.400. The molecule has 0 aromatic heterocycles. The zero-order valence-electron chi connectivity index (χ0n) is 9.75. The molecule has 7 heteroatoms. The van der Waals surface area contributed by atoms with Gasteiger partial charge in [-0.3, -0.25) is 0 Å². The second-order valence-electron chi connectivity index (χ2n) is 3.46. The lowest BCUT2D eigenvalue weighted by Gasteiger charge is -2.18. The molecule has 17 heavy (non-hydrogen) atoms. The van der Waals surface area contributed by atoms with E-state index in [4.69, 9.17) is 15.6 Å². The summed E-state index contributed by atoms with van der Waals surface area (Å²) in [6, 6.07) is 4.39. The Labute approximate surface area is 101 Å². The highest BCUT2D eigenvalue weighted by Crippen LogP contribution is 2.27. The van der Waals surface area contributed by atoms with Crippen LogP contribution in [0.4, 0.5) is 5.69 Å². The maximum atomic E-state index is 12.1. The standard InChI is InChI=1S/C10H16N2O4S/c1-12(5-6-13)17(14,15)10-7-8(11)3-4-9(10)16-2/h3-4,7,13H,5-6,11H2,1-2H3. The average molecular weight is 260 g/mol. The van der Waals surface area contributed by atoms with Crippen LogP contribution in [0.25, 0.3) is 0 Å². The summed E-state index contributed by atoms with van der Waals surface area (Å²) < 4.78 is 30.3. The van der Waals surface area contributed by atoms with Crippen LogP contribution < -0.4 is 10.5 Å². The number of nitrogens with zero attached hydrogens (tertiary/aromatic N) is 1. The van der Waals surface area contributed by atoms with E-state index in [9.17, 15) is 8.42 Å². The highest BCUT2D eigenvalue weighted by molar-refractivity contribution is 7.89. The number of hydrogen-bond donors (Lipinski definition) is 2. The van der Waals surface area contributed by atoms with Gasteiger partial charge >= 0.3 is 0 Å². The molecule has 1 aromatic rings. The molecule has 0 unspecified atom stereocenters. The monoisotopic (exact) mass is 260 g/mol. The minimum atomic E-state index is -3.70. The Morgan fingerprint density at radius 2 is 2.12 bits per heavy atom. The molecule has 1 aromatic carbocycles. The molecule has 0 amide bonds. The summed E-state index contributed by atoms with van der Waals surface area (Å²) in [4.78, 5) is -0.00375. The number of anilines is 1. The Balaban J connectivity index is 3.27. The highest BCUT2D eigenvalue weighted by Gasteiger charge is 2.24. The number of likely N-dealkylation sites (N-methyl/N-ethyl adjacent to an activating group) is 1. The first-order chi connectivity index (χ1) is 7.93. The van der Waals surface area contributed by atoms with Crippen molar-refractivity contribution < 1.29 is 18.3 Å². The summed E-state index contributed by atoms with van der Waals surface area (Å²) in [7, 11) is -0.929. The van der Waals surface area contributed by atoms with Gasteiger partial charge in [0.15, 0.2) is 0 Å². The normalized spacial score (nSPS) is 11.8.